The lowest BCUT2D eigenvalue weighted by Gasteiger charge is -2.22. The Morgan fingerprint density at radius 1 is 1.30 bits per heavy atom. The number of aromatic amines is 1. The second-order valence-corrected chi connectivity index (χ2v) is 9.33. The van der Waals surface area contributed by atoms with Gasteiger partial charge in [-0.2, -0.15) is 8.42 Å². The van der Waals surface area contributed by atoms with Crippen LogP contribution in [0.1, 0.15) is 27.0 Å². The number of carbonyl (C=O) groups is 1. The van der Waals surface area contributed by atoms with E-state index in [2.05, 4.69) is 15.3 Å². The summed E-state index contributed by atoms with van der Waals surface area (Å²) >= 11 is 0. The predicted octanol–water partition coefficient (Wildman–Crippen LogP) is -0.966. The predicted molar refractivity (Wildman–Crippen MR) is 110 cm³/mol. The van der Waals surface area contributed by atoms with Crippen molar-refractivity contribution in [2.45, 2.75) is 56.9 Å². The van der Waals surface area contributed by atoms with Gasteiger partial charge in [-0.1, -0.05) is 19.1 Å². The monoisotopic (exact) mass is 487 g/mol. The van der Waals surface area contributed by atoms with Crippen molar-refractivity contribution in [2.24, 2.45) is 5.92 Å². The molecule has 1 fully saturated rings. The number of nitrogens with zero attached hydrogens (tertiary/aromatic N) is 4. The summed E-state index contributed by atoms with van der Waals surface area (Å²) in [7, 11) is -2.75. The van der Waals surface area contributed by atoms with Crippen molar-refractivity contribution in [1.29, 1.82) is 0 Å². The summed E-state index contributed by atoms with van der Waals surface area (Å²) in [5, 5.41) is 7.05. The molecule has 4 atom stereocenters. The van der Waals surface area contributed by atoms with Crippen molar-refractivity contribution >= 4 is 16.1 Å². The highest BCUT2D eigenvalue weighted by molar-refractivity contribution is 7.86. The molecule has 1 saturated heterocycles. The average Bonchev–Trinajstić information content (AvgIpc) is 3.32. The normalized spacial score (nSPS) is 23.2. The van der Waals surface area contributed by atoms with Crippen molar-refractivity contribution in [2.75, 3.05) is 13.7 Å². The first-order chi connectivity index (χ1) is 15.5. The Hall–Kier alpha value is -2.88. The Kier molecular flexibility index (Phi) is 7.46. The maximum atomic E-state index is 12.3. The fraction of sp³-hybridized carbons (Fsp3) is 0.611. The molecular formula is C18H25N5O9S. The number of hydrogen-bond acceptors (Lipinski definition) is 11. The molecule has 3 heterocycles. The molecular weight excluding hydrogens is 462 g/mol. The van der Waals surface area contributed by atoms with E-state index in [1.54, 1.807) is 13.8 Å². The van der Waals surface area contributed by atoms with Crippen LogP contribution < -0.4 is 11.2 Å². The summed E-state index contributed by atoms with van der Waals surface area (Å²) in [5.74, 6) is -0.625. The van der Waals surface area contributed by atoms with Crippen LogP contribution in [0, 0.1) is 5.92 Å². The van der Waals surface area contributed by atoms with E-state index in [1.165, 1.54) is 24.9 Å². The highest BCUT2D eigenvalue weighted by atomic mass is 32.2. The number of ether oxygens (including phenoxy) is 3. The third-order valence-electron chi connectivity index (χ3n) is 4.68. The standard InChI is InChI=1S/C18H25N5O9S/c1-10(2)9-30-33(27,28)14-8-22(21-20-14)7-12-15(31-11(3)24)16(29-4)17(32-12)23-6-5-13(25)19-18(23)26/h5-6,8,10,12,15-17H,7,9H2,1-4H3,(H,19,25,26)/t12-,15?,16?,17-/m1/s1. The number of rotatable bonds is 9. The molecule has 2 aromatic rings. The van der Waals surface area contributed by atoms with Gasteiger partial charge in [0.05, 0.1) is 19.3 Å². The van der Waals surface area contributed by atoms with Crippen LogP contribution in [-0.2, 0) is 39.9 Å². The van der Waals surface area contributed by atoms with E-state index in [0.717, 1.165) is 16.8 Å². The SMILES string of the molecule is COC1C(OC(C)=O)[C@@H](Cn2cc(S(=O)(=O)OCC(C)C)nn2)O[C@H]1n1ccc(=O)[nH]c1=O. The second kappa shape index (κ2) is 9.94. The van der Waals surface area contributed by atoms with E-state index in [9.17, 15) is 22.8 Å². The Morgan fingerprint density at radius 2 is 2.03 bits per heavy atom. The number of H-pyrrole nitrogens is 1. The minimum atomic E-state index is -4.10. The first-order valence-electron chi connectivity index (χ1n) is 9.98. The van der Waals surface area contributed by atoms with Crippen LogP contribution in [-0.4, -0.2) is 71.0 Å². The zero-order chi connectivity index (χ0) is 24.3. The Morgan fingerprint density at radius 3 is 2.64 bits per heavy atom. The molecule has 0 amide bonds. The van der Waals surface area contributed by atoms with E-state index < -0.39 is 51.9 Å². The van der Waals surface area contributed by atoms with Gasteiger partial charge in [-0.3, -0.25) is 23.3 Å². The topological polar surface area (TPSA) is 174 Å². The number of aromatic nitrogens is 5. The highest BCUT2D eigenvalue weighted by Crippen LogP contribution is 2.33. The fourth-order valence-electron chi connectivity index (χ4n) is 3.25. The van der Waals surface area contributed by atoms with E-state index in [1.807, 2.05) is 0 Å². The first-order valence-corrected chi connectivity index (χ1v) is 11.4. The summed E-state index contributed by atoms with van der Waals surface area (Å²) in [6.07, 6.45) is -1.43. The van der Waals surface area contributed by atoms with Crippen molar-refractivity contribution in [3.05, 3.63) is 39.3 Å². The van der Waals surface area contributed by atoms with Crippen LogP contribution in [0.2, 0.25) is 0 Å². The van der Waals surface area contributed by atoms with E-state index in [0.29, 0.717) is 0 Å². The summed E-state index contributed by atoms with van der Waals surface area (Å²) in [4.78, 5) is 37.5. The maximum Gasteiger partial charge on any atom is 0.330 e. The lowest BCUT2D eigenvalue weighted by Crippen LogP contribution is -2.41. The molecule has 3 rings (SSSR count). The van der Waals surface area contributed by atoms with Gasteiger partial charge in [0.1, 0.15) is 12.2 Å². The lowest BCUT2D eigenvalue weighted by atomic mass is 10.1. The molecule has 14 nitrogen and oxygen atoms in total. The lowest BCUT2D eigenvalue weighted by molar-refractivity contribution is -0.154. The zero-order valence-electron chi connectivity index (χ0n) is 18.4. The van der Waals surface area contributed by atoms with Crippen molar-refractivity contribution in [1.82, 2.24) is 24.5 Å². The molecule has 182 valence electrons. The van der Waals surface area contributed by atoms with Crippen molar-refractivity contribution in [3.63, 3.8) is 0 Å². The summed E-state index contributed by atoms with van der Waals surface area (Å²) in [6.45, 7) is 4.71. The van der Waals surface area contributed by atoms with Gasteiger partial charge >= 0.3 is 21.8 Å². The van der Waals surface area contributed by atoms with Crippen LogP contribution in [0.5, 0.6) is 0 Å². The van der Waals surface area contributed by atoms with Crippen LogP contribution in [0.3, 0.4) is 0 Å². The van der Waals surface area contributed by atoms with Gasteiger partial charge in [0.25, 0.3) is 5.56 Å². The van der Waals surface area contributed by atoms with Crippen molar-refractivity contribution < 1.29 is 31.6 Å². The third-order valence-corrected chi connectivity index (χ3v) is 5.83. The number of carbonyl (C=O) groups excluding carboxylic acids is 1. The molecule has 15 heteroatoms. The van der Waals surface area contributed by atoms with Gasteiger partial charge < -0.3 is 14.2 Å². The van der Waals surface area contributed by atoms with E-state index in [-0.39, 0.29) is 24.1 Å². The van der Waals surface area contributed by atoms with Crippen LogP contribution in [0.25, 0.3) is 0 Å². The Balaban J connectivity index is 1.86. The summed E-state index contributed by atoms with van der Waals surface area (Å²) in [5.41, 5.74) is -1.33. The average molecular weight is 487 g/mol. The molecule has 33 heavy (non-hydrogen) atoms. The summed E-state index contributed by atoms with van der Waals surface area (Å²) in [6, 6.07) is 1.14. The first kappa shape index (κ1) is 24.8. The Labute approximate surface area is 188 Å². The minimum Gasteiger partial charge on any atom is -0.457 e. The quantitative estimate of drug-likeness (QED) is 0.340. The second-order valence-electron chi connectivity index (χ2n) is 7.77. The maximum absolute atomic E-state index is 12.3. The van der Waals surface area contributed by atoms with Crippen LogP contribution in [0.4, 0.5) is 0 Å². The van der Waals surface area contributed by atoms with Crippen LogP contribution >= 0.6 is 0 Å². The van der Waals surface area contributed by atoms with Gasteiger partial charge in [0.2, 0.25) is 5.03 Å². The summed E-state index contributed by atoms with van der Waals surface area (Å²) < 4.78 is 48.5. The van der Waals surface area contributed by atoms with Crippen molar-refractivity contribution in [3.8, 4) is 0 Å². The van der Waals surface area contributed by atoms with Gasteiger partial charge in [-0.15, -0.1) is 5.10 Å². The Bertz CT molecular complexity index is 1200. The fourth-order valence-corrected chi connectivity index (χ4v) is 4.21. The van der Waals surface area contributed by atoms with E-state index >= 15 is 0 Å². The number of nitrogens with one attached hydrogen (secondary N) is 1. The van der Waals surface area contributed by atoms with Gasteiger partial charge in [0.15, 0.2) is 12.3 Å². The van der Waals surface area contributed by atoms with Gasteiger partial charge in [-0.05, 0) is 5.92 Å². The number of methoxy groups -OCH3 is 1. The molecule has 0 aromatic carbocycles. The molecule has 2 aromatic heterocycles. The number of hydrogen-bond donors (Lipinski definition) is 1. The molecule has 0 bridgehead atoms. The minimum absolute atomic E-state index is 0.00885. The van der Waals surface area contributed by atoms with Crippen LogP contribution in [0.15, 0.2) is 33.1 Å². The largest absolute Gasteiger partial charge is 0.457 e. The number of esters is 1. The molecule has 0 radical (unpaired) electrons. The molecule has 1 aliphatic heterocycles. The molecule has 2 unspecified atom stereocenters. The van der Waals surface area contributed by atoms with Gasteiger partial charge in [0, 0.05) is 26.3 Å². The molecule has 1 N–H and O–H groups in total. The molecule has 1 aliphatic rings. The smallest absolute Gasteiger partial charge is 0.330 e. The molecule has 0 aliphatic carbocycles. The van der Waals surface area contributed by atoms with Gasteiger partial charge in [-0.25, -0.2) is 9.48 Å². The molecule has 0 spiro atoms. The highest BCUT2D eigenvalue weighted by Gasteiger charge is 2.48. The third kappa shape index (κ3) is 5.73. The molecule has 0 saturated carbocycles. The zero-order valence-corrected chi connectivity index (χ0v) is 19.2. The van der Waals surface area contributed by atoms with E-state index in [4.69, 9.17) is 18.4 Å².